The summed E-state index contributed by atoms with van der Waals surface area (Å²) in [4.78, 5) is 13.5. The molecule has 2 rings (SSSR count). The molecule has 3 N–H and O–H groups in total. The van der Waals surface area contributed by atoms with Crippen molar-refractivity contribution in [2.24, 2.45) is 5.73 Å². The number of amides is 1. The van der Waals surface area contributed by atoms with Gasteiger partial charge in [0, 0.05) is 38.3 Å². The Hall–Kier alpha value is -1.55. The molecule has 4 nitrogen and oxygen atoms in total. The zero-order valence-electron chi connectivity index (χ0n) is 10.2. The average Bonchev–Trinajstić information content (AvgIpc) is 2.54. The number of anilines is 1. The van der Waals surface area contributed by atoms with Gasteiger partial charge in [0.1, 0.15) is 0 Å². The molecule has 4 heteroatoms. The minimum absolute atomic E-state index is 0.142. The molecule has 1 aliphatic heterocycles. The Morgan fingerprint density at radius 3 is 2.94 bits per heavy atom. The number of aryl methyl sites for hydroxylation is 1. The smallest absolute Gasteiger partial charge is 0.221 e. The van der Waals surface area contributed by atoms with E-state index in [-0.39, 0.29) is 5.91 Å². The molecule has 0 aromatic heterocycles. The van der Waals surface area contributed by atoms with Crippen LogP contribution in [-0.4, -0.2) is 25.5 Å². The Labute approximate surface area is 102 Å². The molecule has 92 valence electrons. The van der Waals surface area contributed by atoms with Crippen molar-refractivity contribution >= 4 is 11.6 Å². The monoisotopic (exact) mass is 233 g/mol. The third-order valence-corrected chi connectivity index (χ3v) is 3.15. The fourth-order valence-corrected chi connectivity index (χ4v) is 2.21. The van der Waals surface area contributed by atoms with Gasteiger partial charge in [-0.05, 0) is 24.1 Å². The van der Waals surface area contributed by atoms with E-state index in [0.29, 0.717) is 13.0 Å². The highest BCUT2D eigenvalue weighted by Gasteiger charge is 2.15. The maximum absolute atomic E-state index is 11.3. The van der Waals surface area contributed by atoms with E-state index in [1.54, 1.807) is 0 Å². The summed E-state index contributed by atoms with van der Waals surface area (Å²) >= 11 is 0. The van der Waals surface area contributed by atoms with Gasteiger partial charge in [-0.2, -0.15) is 0 Å². The van der Waals surface area contributed by atoms with Crippen molar-refractivity contribution in [2.45, 2.75) is 19.9 Å². The quantitative estimate of drug-likeness (QED) is 0.793. The molecule has 0 saturated carbocycles. The van der Waals surface area contributed by atoms with Gasteiger partial charge < -0.3 is 16.0 Å². The van der Waals surface area contributed by atoms with Gasteiger partial charge >= 0.3 is 0 Å². The van der Waals surface area contributed by atoms with E-state index >= 15 is 0 Å². The molecule has 0 spiro atoms. The molecule has 0 aliphatic carbocycles. The first-order valence-corrected chi connectivity index (χ1v) is 6.02. The summed E-state index contributed by atoms with van der Waals surface area (Å²) in [6, 6.07) is 6.28. The number of rotatable bonds is 2. The van der Waals surface area contributed by atoms with Crippen LogP contribution in [0.4, 0.5) is 5.69 Å². The van der Waals surface area contributed by atoms with Crippen LogP contribution in [0.15, 0.2) is 18.2 Å². The van der Waals surface area contributed by atoms with E-state index in [1.165, 1.54) is 11.3 Å². The van der Waals surface area contributed by atoms with Crippen LogP contribution >= 0.6 is 0 Å². The Balaban J connectivity index is 2.18. The summed E-state index contributed by atoms with van der Waals surface area (Å²) in [5.41, 5.74) is 9.20. The van der Waals surface area contributed by atoms with E-state index in [1.807, 2.05) is 0 Å². The van der Waals surface area contributed by atoms with Gasteiger partial charge in [-0.1, -0.05) is 12.1 Å². The summed E-state index contributed by atoms with van der Waals surface area (Å²) in [5.74, 6) is 0.142. The van der Waals surface area contributed by atoms with Crippen molar-refractivity contribution in [2.75, 3.05) is 24.5 Å². The lowest BCUT2D eigenvalue weighted by Crippen LogP contribution is -2.28. The van der Waals surface area contributed by atoms with Crippen molar-refractivity contribution in [1.82, 2.24) is 5.32 Å². The molecule has 1 aliphatic rings. The second kappa shape index (κ2) is 5.19. The molecule has 1 aromatic carbocycles. The first kappa shape index (κ1) is 11.9. The summed E-state index contributed by atoms with van der Waals surface area (Å²) in [7, 11) is 0. The van der Waals surface area contributed by atoms with Crippen LogP contribution in [0.5, 0.6) is 0 Å². The Kier molecular flexibility index (Phi) is 3.64. The topological polar surface area (TPSA) is 58.4 Å². The lowest BCUT2D eigenvalue weighted by atomic mass is 10.1. The summed E-state index contributed by atoms with van der Waals surface area (Å²) in [6.45, 7) is 5.04. The zero-order chi connectivity index (χ0) is 12.3. The van der Waals surface area contributed by atoms with Gasteiger partial charge in [-0.25, -0.2) is 0 Å². The van der Waals surface area contributed by atoms with Crippen LogP contribution in [0.25, 0.3) is 0 Å². The van der Waals surface area contributed by atoms with Gasteiger partial charge in [-0.15, -0.1) is 0 Å². The zero-order valence-corrected chi connectivity index (χ0v) is 10.2. The van der Waals surface area contributed by atoms with Gasteiger partial charge in [0.15, 0.2) is 0 Å². The van der Waals surface area contributed by atoms with E-state index in [4.69, 9.17) is 5.73 Å². The number of carbonyl (C=O) groups excluding carboxylic acids is 1. The number of nitrogens with two attached hydrogens (primary N) is 1. The van der Waals surface area contributed by atoms with Crippen molar-refractivity contribution in [3.8, 4) is 0 Å². The van der Waals surface area contributed by atoms with E-state index in [0.717, 1.165) is 25.2 Å². The molecular formula is C13H19N3O. The van der Waals surface area contributed by atoms with Crippen molar-refractivity contribution in [1.29, 1.82) is 0 Å². The maximum Gasteiger partial charge on any atom is 0.221 e. The van der Waals surface area contributed by atoms with Gasteiger partial charge in [0.25, 0.3) is 0 Å². The Bertz CT molecular complexity index is 417. The highest BCUT2D eigenvalue weighted by atomic mass is 16.1. The average molecular weight is 233 g/mol. The van der Waals surface area contributed by atoms with Crippen LogP contribution in [0.2, 0.25) is 0 Å². The normalized spacial score (nSPS) is 16.6. The molecular weight excluding hydrogens is 214 g/mol. The highest BCUT2D eigenvalue weighted by molar-refractivity contribution is 5.77. The number of carbonyl (C=O) groups is 1. The molecule has 0 radical (unpaired) electrons. The number of nitrogens with one attached hydrogen (secondary N) is 1. The molecule has 1 fully saturated rings. The summed E-state index contributed by atoms with van der Waals surface area (Å²) < 4.78 is 0. The standard InChI is InChI=1S/C13H19N3O/c1-10-8-11(9-14)2-3-12(10)16-6-4-13(17)15-5-7-16/h2-3,8H,4-7,9,14H2,1H3,(H,15,17). The largest absolute Gasteiger partial charge is 0.369 e. The lowest BCUT2D eigenvalue weighted by Gasteiger charge is -2.24. The molecule has 1 amide bonds. The molecule has 0 bridgehead atoms. The minimum Gasteiger partial charge on any atom is -0.369 e. The first-order valence-electron chi connectivity index (χ1n) is 6.02. The van der Waals surface area contributed by atoms with E-state index < -0.39 is 0 Å². The van der Waals surface area contributed by atoms with Crippen LogP contribution in [-0.2, 0) is 11.3 Å². The maximum atomic E-state index is 11.3. The first-order chi connectivity index (χ1) is 8.20. The SMILES string of the molecule is Cc1cc(CN)ccc1N1CCNC(=O)CC1. The van der Waals surface area contributed by atoms with Crippen molar-refractivity contribution in [3.63, 3.8) is 0 Å². The van der Waals surface area contributed by atoms with Crippen LogP contribution in [0, 0.1) is 6.92 Å². The van der Waals surface area contributed by atoms with Crippen molar-refractivity contribution in [3.05, 3.63) is 29.3 Å². The Morgan fingerprint density at radius 1 is 1.41 bits per heavy atom. The summed E-state index contributed by atoms with van der Waals surface area (Å²) in [6.07, 6.45) is 0.568. The van der Waals surface area contributed by atoms with Crippen LogP contribution < -0.4 is 16.0 Å². The van der Waals surface area contributed by atoms with Gasteiger partial charge in [-0.3, -0.25) is 4.79 Å². The third-order valence-electron chi connectivity index (χ3n) is 3.15. The second-order valence-corrected chi connectivity index (χ2v) is 4.41. The minimum atomic E-state index is 0.142. The summed E-state index contributed by atoms with van der Waals surface area (Å²) in [5, 5.41) is 2.89. The van der Waals surface area contributed by atoms with Gasteiger partial charge in [0.05, 0.1) is 0 Å². The Morgan fingerprint density at radius 2 is 2.24 bits per heavy atom. The van der Waals surface area contributed by atoms with Gasteiger partial charge in [0.2, 0.25) is 5.91 Å². The number of nitrogens with zero attached hydrogens (tertiary/aromatic N) is 1. The number of hydrogen-bond donors (Lipinski definition) is 2. The van der Waals surface area contributed by atoms with E-state index in [9.17, 15) is 4.79 Å². The highest BCUT2D eigenvalue weighted by Crippen LogP contribution is 2.21. The molecule has 1 aromatic rings. The van der Waals surface area contributed by atoms with Crippen molar-refractivity contribution < 1.29 is 4.79 Å². The number of hydrogen-bond acceptors (Lipinski definition) is 3. The fraction of sp³-hybridized carbons (Fsp3) is 0.462. The van der Waals surface area contributed by atoms with E-state index in [2.05, 4.69) is 35.3 Å². The molecule has 0 unspecified atom stereocenters. The fourth-order valence-electron chi connectivity index (χ4n) is 2.21. The van der Waals surface area contributed by atoms with Crippen LogP contribution in [0.3, 0.4) is 0 Å². The predicted molar refractivity (Wildman–Crippen MR) is 68.9 cm³/mol. The van der Waals surface area contributed by atoms with Crippen LogP contribution in [0.1, 0.15) is 17.5 Å². The molecule has 1 heterocycles. The third kappa shape index (κ3) is 2.77. The lowest BCUT2D eigenvalue weighted by molar-refractivity contribution is -0.120. The number of benzene rings is 1. The molecule has 17 heavy (non-hydrogen) atoms. The second-order valence-electron chi connectivity index (χ2n) is 4.41. The molecule has 1 saturated heterocycles. The molecule has 0 atom stereocenters. The predicted octanol–water partition coefficient (Wildman–Crippen LogP) is 0.780.